The molecule has 0 heterocycles. The third-order valence-corrected chi connectivity index (χ3v) is 5.77. The van der Waals surface area contributed by atoms with E-state index in [-0.39, 0.29) is 30.1 Å². The van der Waals surface area contributed by atoms with Gasteiger partial charge in [0, 0.05) is 19.6 Å². The van der Waals surface area contributed by atoms with E-state index < -0.39 is 25.9 Å². The third-order valence-electron chi connectivity index (χ3n) is 2.88. The normalized spacial score (nSPS) is 12.5. The molecule has 0 bridgehead atoms. The first kappa shape index (κ1) is 18.8. The summed E-state index contributed by atoms with van der Waals surface area (Å²) in [4.78, 5) is -0.0384. The molecular weight excluding hydrogens is 331 g/mol. The number of rotatable bonds is 8. The van der Waals surface area contributed by atoms with Gasteiger partial charge in [-0.1, -0.05) is 6.08 Å². The van der Waals surface area contributed by atoms with Crippen molar-refractivity contribution in [3.05, 3.63) is 42.2 Å². The summed E-state index contributed by atoms with van der Waals surface area (Å²) in [5.74, 6) is -0.523. The standard InChI is InChI=1S/C13H19FN2O4S2/c1-4-8-16(21(3,17)18)9-7-15-22(19,20)13-6-5-12(14)10-11(13)2/h4-6,10,15H,1,7-9H2,2-3H3. The molecule has 6 nitrogen and oxygen atoms in total. The first-order valence-electron chi connectivity index (χ1n) is 6.40. The van der Waals surface area contributed by atoms with E-state index in [9.17, 15) is 21.2 Å². The van der Waals surface area contributed by atoms with Gasteiger partial charge in [0.25, 0.3) is 0 Å². The summed E-state index contributed by atoms with van der Waals surface area (Å²) in [6.45, 7) is 4.92. The second-order valence-corrected chi connectivity index (χ2v) is 8.44. The van der Waals surface area contributed by atoms with E-state index in [1.807, 2.05) is 0 Å². The van der Waals surface area contributed by atoms with Gasteiger partial charge in [0.2, 0.25) is 20.0 Å². The fraction of sp³-hybridized carbons (Fsp3) is 0.385. The molecule has 9 heteroatoms. The Morgan fingerprint density at radius 3 is 2.45 bits per heavy atom. The van der Waals surface area contributed by atoms with Gasteiger partial charge >= 0.3 is 0 Å². The minimum Gasteiger partial charge on any atom is -0.212 e. The number of benzene rings is 1. The van der Waals surface area contributed by atoms with Gasteiger partial charge in [0.1, 0.15) is 5.82 Å². The number of nitrogens with one attached hydrogen (secondary N) is 1. The number of halogens is 1. The van der Waals surface area contributed by atoms with Crippen LogP contribution in [-0.2, 0) is 20.0 Å². The molecule has 22 heavy (non-hydrogen) atoms. The van der Waals surface area contributed by atoms with Crippen LogP contribution in [0.2, 0.25) is 0 Å². The average molecular weight is 350 g/mol. The van der Waals surface area contributed by atoms with Gasteiger partial charge in [0.15, 0.2) is 0 Å². The fourth-order valence-corrected chi connectivity index (χ4v) is 3.88. The van der Waals surface area contributed by atoms with E-state index in [1.165, 1.54) is 19.1 Å². The molecule has 0 saturated heterocycles. The Labute approximate surface area is 130 Å². The minimum atomic E-state index is -3.83. The predicted octanol–water partition coefficient (Wildman–Crippen LogP) is 0.860. The van der Waals surface area contributed by atoms with Crippen LogP contribution in [0.3, 0.4) is 0 Å². The second kappa shape index (κ2) is 7.32. The van der Waals surface area contributed by atoms with Crippen LogP contribution in [0.4, 0.5) is 4.39 Å². The first-order chi connectivity index (χ1) is 10.1. The Balaban J connectivity index is 2.80. The molecule has 0 saturated carbocycles. The fourth-order valence-electron chi connectivity index (χ4n) is 1.83. The minimum absolute atomic E-state index is 0.0235. The van der Waals surface area contributed by atoms with Gasteiger partial charge in [-0.2, -0.15) is 4.31 Å². The molecule has 0 spiro atoms. The van der Waals surface area contributed by atoms with Gasteiger partial charge in [-0.25, -0.2) is 25.9 Å². The molecular formula is C13H19FN2O4S2. The lowest BCUT2D eigenvalue weighted by atomic mass is 10.2. The first-order valence-corrected chi connectivity index (χ1v) is 9.73. The van der Waals surface area contributed by atoms with Crippen molar-refractivity contribution in [2.45, 2.75) is 11.8 Å². The van der Waals surface area contributed by atoms with Crippen molar-refractivity contribution in [1.82, 2.24) is 9.03 Å². The van der Waals surface area contributed by atoms with Gasteiger partial charge in [-0.3, -0.25) is 0 Å². The molecule has 124 valence electrons. The number of sulfonamides is 2. The van der Waals surface area contributed by atoms with Gasteiger partial charge in [-0.15, -0.1) is 6.58 Å². The second-order valence-electron chi connectivity index (χ2n) is 4.72. The SMILES string of the molecule is C=CCN(CCNS(=O)(=O)c1ccc(F)cc1C)S(C)(=O)=O. The molecule has 0 fully saturated rings. The van der Waals surface area contributed by atoms with E-state index in [0.29, 0.717) is 0 Å². The number of nitrogens with zero attached hydrogens (tertiary/aromatic N) is 1. The van der Waals surface area contributed by atoms with Gasteiger partial charge in [-0.05, 0) is 30.7 Å². The van der Waals surface area contributed by atoms with Crippen molar-refractivity contribution in [1.29, 1.82) is 0 Å². The lowest BCUT2D eigenvalue weighted by molar-refractivity contribution is 0.447. The van der Waals surface area contributed by atoms with E-state index in [2.05, 4.69) is 11.3 Å². The highest BCUT2D eigenvalue weighted by Gasteiger charge is 2.19. The van der Waals surface area contributed by atoms with Gasteiger partial charge in [0.05, 0.1) is 11.2 Å². The summed E-state index contributed by atoms with van der Waals surface area (Å²) in [5.41, 5.74) is 0.276. The molecule has 0 atom stereocenters. The molecule has 1 aromatic rings. The molecule has 1 aromatic carbocycles. The molecule has 0 aromatic heterocycles. The lowest BCUT2D eigenvalue weighted by Gasteiger charge is -2.18. The average Bonchev–Trinajstić information content (AvgIpc) is 2.35. The molecule has 0 aliphatic heterocycles. The van der Waals surface area contributed by atoms with Gasteiger partial charge < -0.3 is 0 Å². The summed E-state index contributed by atoms with van der Waals surface area (Å²) in [7, 11) is -7.27. The highest BCUT2D eigenvalue weighted by molar-refractivity contribution is 7.89. The smallest absolute Gasteiger partial charge is 0.212 e. The molecule has 0 amide bonds. The number of hydrogen-bond acceptors (Lipinski definition) is 4. The Kier molecular flexibility index (Phi) is 6.24. The summed E-state index contributed by atoms with van der Waals surface area (Å²) in [5, 5.41) is 0. The van der Waals surface area contributed by atoms with Crippen molar-refractivity contribution in [2.75, 3.05) is 25.9 Å². The zero-order valence-corrected chi connectivity index (χ0v) is 14.0. The van der Waals surface area contributed by atoms with Crippen LogP contribution in [-0.4, -0.2) is 47.0 Å². The molecule has 0 unspecified atom stereocenters. The van der Waals surface area contributed by atoms with Crippen molar-refractivity contribution in [3.63, 3.8) is 0 Å². The Hall–Kier alpha value is -1.29. The zero-order chi connectivity index (χ0) is 17.0. The summed E-state index contributed by atoms with van der Waals surface area (Å²) >= 11 is 0. The molecule has 0 aliphatic rings. The summed E-state index contributed by atoms with van der Waals surface area (Å²) in [6, 6.07) is 3.35. The predicted molar refractivity (Wildman–Crippen MR) is 82.9 cm³/mol. The Morgan fingerprint density at radius 1 is 1.32 bits per heavy atom. The Morgan fingerprint density at radius 2 is 1.95 bits per heavy atom. The zero-order valence-electron chi connectivity index (χ0n) is 12.4. The van der Waals surface area contributed by atoms with Crippen LogP contribution in [0.15, 0.2) is 35.7 Å². The van der Waals surface area contributed by atoms with Crippen LogP contribution in [0.5, 0.6) is 0 Å². The third kappa shape index (κ3) is 5.16. The topological polar surface area (TPSA) is 83.6 Å². The highest BCUT2D eigenvalue weighted by atomic mass is 32.2. The van der Waals surface area contributed by atoms with Crippen LogP contribution >= 0.6 is 0 Å². The van der Waals surface area contributed by atoms with E-state index >= 15 is 0 Å². The van der Waals surface area contributed by atoms with Crippen molar-refractivity contribution < 1.29 is 21.2 Å². The van der Waals surface area contributed by atoms with Crippen LogP contribution in [0.25, 0.3) is 0 Å². The number of hydrogen-bond donors (Lipinski definition) is 1. The Bertz CT molecular complexity index is 745. The van der Waals surface area contributed by atoms with E-state index in [1.54, 1.807) is 0 Å². The van der Waals surface area contributed by atoms with Crippen LogP contribution < -0.4 is 4.72 Å². The quantitative estimate of drug-likeness (QED) is 0.705. The summed E-state index contributed by atoms with van der Waals surface area (Å²) in [6.07, 6.45) is 2.45. The van der Waals surface area contributed by atoms with Crippen LogP contribution in [0, 0.1) is 12.7 Å². The molecule has 0 aliphatic carbocycles. The number of aryl methyl sites for hydroxylation is 1. The van der Waals surface area contributed by atoms with E-state index in [0.717, 1.165) is 22.7 Å². The van der Waals surface area contributed by atoms with Crippen molar-refractivity contribution >= 4 is 20.0 Å². The van der Waals surface area contributed by atoms with Crippen molar-refractivity contribution in [2.24, 2.45) is 0 Å². The monoisotopic (exact) mass is 350 g/mol. The highest BCUT2D eigenvalue weighted by Crippen LogP contribution is 2.15. The maximum atomic E-state index is 13.0. The van der Waals surface area contributed by atoms with Crippen molar-refractivity contribution in [3.8, 4) is 0 Å². The van der Waals surface area contributed by atoms with E-state index in [4.69, 9.17) is 0 Å². The maximum Gasteiger partial charge on any atom is 0.240 e. The summed E-state index contributed by atoms with van der Waals surface area (Å²) < 4.78 is 63.7. The largest absolute Gasteiger partial charge is 0.240 e. The molecule has 1 rings (SSSR count). The lowest BCUT2D eigenvalue weighted by Crippen LogP contribution is -2.38. The molecule has 0 radical (unpaired) electrons. The molecule has 1 N–H and O–H groups in total. The maximum absolute atomic E-state index is 13.0. The van der Waals surface area contributed by atoms with Crippen LogP contribution in [0.1, 0.15) is 5.56 Å².